The summed E-state index contributed by atoms with van der Waals surface area (Å²) in [7, 11) is 0. The standard InChI is InChI=1S/C13H16N2O3/c1-8(2)7-14-13(18)15-11-5-4-9(3)6-10(11)12(16)17/h4-6H,1,7H2,2-3H3,(H,16,17)(H2,14,15,18). The zero-order valence-electron chi connectivity index (χ0n) is 10.4. The number of urea groups is 1. The van der Waals surface area contributed by atoms with Crippen LogP contribution in [-0.2, 0) is 0 Å². The normalized spacial score (nSPS) is 9.67. The zero-order chi connectivity index (χ0) is 13.7. The molecule has 96 valence electrons. The molecule has 2 amide bonds. The number of benzene rings is 1. The lowest BCUT2D eigenvalue weighted by atomic mass is 10.1. The van der Waals surface area contributed by atoms with Gasteiger partial charge in [0, 0.05) is 6.54 Å². The van der Waals surface area contributed by atoms with Crippen molar-refractivity contribution >= 4 is 17.7 Å². The number of carboxylic acid groups (broad SMARTS) is 1. The number of aromatic carboxylic acids is 1. The van der Waals surface area contributed by atoms with Gasteiger partial charge in [-0.25, -0.2) is 9.59 Å². The van der Waals surface area contributed by atoms with Crippen LogP contribution in [0.1, 0.15) is 22.8 Å². The molecule has 18 heavy (non-hydrogen) atoms. The highest BCUT2D eigenvalue weighted by Gasteiger charge is 2.12. The first-order valence-corrected chi connectivity index (χ1v) is 5.43. The second-order valence-corrected chi connectivity index (χ2v) is 4.12. The van der Waals surface area contributed by atoms with Crippen molar-refractivity contribution in [1.29, 1.82) is 0 Å². The Bertz CT molecular complexity index is 495. The monoisotopic (exact) mass is 248 g/mol. The molecule has 0 fully saturated rings. The van der Waals surface area contributed by atoms with Gasteiger partial charge in [0.2, 0.25) is 0 Å². The van der Waals surface area contributed by atoms with E-state index in [4.69, 9.17) is 5.11 Å². The molecule has 0 spiro atoms. The summed E-state index contributed by atoms with van der Waals surface area (Å²) in [4.78, 5) is 22.6. The summed E-state index contributed by atoms with van der Waals surface area (Å²) in [6.07, 6.45) is 0. The summed E-state index contributed by atoms with van der Waals surface area (Å²) in [5, 5.41) is 14.1. The van der Waals surface area contributed by atoms with Crippen molar-refractivity contribution in [3.05, 3.63) is 41.5 Å². The molecule has 0 aliphatic heterocycles. The Morgan fingerprint density at radius 3 is 2.61 bits per heavy atom. The van der Waals surface area contributed by atoms with Gasteiger partial charge in [-0.1, -0.05) is 23.8 Å². The lowest BCUT2D eigenvalue weighted by molar-refractivity contribution is 0.0698. The fraction of sp³-hybridized carbons (Fsp3) is 0.231. The summed E-state index contributed by atoms with van der Waals surface area (Å²) in [5.74, 6) is -1.08. The van der Waals surface area contributed by atoms with Gasteiger partial charge < -0.3 is 15.7 Å². The lowest BCUT2D eigenvalue weighted by Crippen LogP contribution is -2.30. The fourth-order valence-electron chi connectivity index (χ4n) is 1.34. The van der Waals surface area contributed by atoms with E-state index in [0.29, 0.717) is 6.54 Å². The molecule has 0 radical (unpaired) electrons. The van der Waals surface area contributed by atoms with Crippen molar-refractivity contribution in [1.82, 2.24) is 5.32 Å². The Morgan fingerprint density at radius 2 is 2.06 bits per heavy atom. The van der Waals surface area contributed by atoms with Crippen LogP contribution in [0.15, 0.2) is 30.4 Å². The van der Waals surface area contributed by atoms with Gasteiger partial charge in [0.1, 0.15) is 0 Å². The highest BCUT2D eigenvalue weighted by Crippen LogP contribution is 2.17. The maximum atomic E-state index is 11.5. The molecule has 0 bridgehead atoms. The van der Waals surface area contributed by atoms with Crippen LogP contribution in [0.4, 0.5) is 10.5 Å². The minimum Gasteiger partial charge on any atom is -0.478 e. The quantitative estimate of drug-likeness (QED) is 0.716. The predicted molar refractivity (Wildman–Crippen MR) is 70.0 cm³/mol. The fourth-order valence-corrected chi connectivity index (χ4v) is 1.34. The van der Waals surface area contributed by atoms with Crippen molar-refractivity contribution in [2.75, 3.05) is 11.9 Å². The van der Waals surface area contributed by atoms with E-state index in [0.717, 1.165) is 11.1 Å². The van der Waals surface area contributed by atoms with Crippen LogP contribution in [0.5, 0.6) is 0 Å². The maximum Gasteiger partial charge on any atom is 0.337 e. The molecule has 0 unspecified atom stereocenters. The number of nitrogens with one attached hydrogen (secondary N) is 2. The summed E-state index contributed by atoms with van der Waals surface area (Å²) in [6.45, 7) is 7.58. The first kappa shape index (κ1) is 13.8. The number of amides is 2. The van der Waals surface area contributed by atoms with Gasteiger partial charge in [-0.3, -0.25) is 0 Å². The number of hydrogen-bond acceptors (Lipinski definition) is 2. The SMILES string of the molecule is C=C(C)CNC(=O)Nc1ccc(C)cc1C(=O)O. The maximum absolute atomic E-state index is 11.5. The van der Waals surface area contributed by atoms with E-state index in [1.165, 1.54) is 6.07 Å². The van der Waals surface area contributed by atoms with Gasteiger partial charge in [-0.15, -0.1) is 0 Å². The zero-order valence-corrected chi connectivity index (χ0v) is 10.4. The molecule has 0 saturated carbocycles. The summed E-state index contributed by atoms with van der Waals surface area (Å²) >= 11 is 0. The van der Waals surface area contributed by atoms with Crippen molar-refractivity contribution in [2.45, 2.75) is 13.8 Å². The number of aryl methyl sites for hydroxylation is 1. The van der Waals surface area contributed by atoms with Crippen LogP contribution in [-0.4, -0.2) is 23.7 Å². The molecule has 5 nitrogen and oxygen atoms in total. The third kappa shape index (κ3) is 3.93. The second-order valence-electron chi connectivity index (χ2n) is 4.12. The van der Waals surface area contributed by atoms with E-state index in [1.54, 1.807) is 26.0 Å². The Hall–Kier alpha value is -2.30. The molecule has 0 saturated heterocycles. The van der Waals surface area contributed by atoms with E-state index in [-0.39, 0.29) is 11.3 Å². The molecule has 1 rings (SSSR count). The highest BCUT2D eigenvalue weighted by atomic mass is 16.4. The number of carboxylic acids is 1. The van der Waals surface area contributed by atoms with Crippen LogP contribution >= 0.6 is 0 Å². The number of carbonyl (C=O) groups excluding carboxylic acids is 1. The van der Waals surface area contributed by atoms with Gasteiger partial charge >= 0.3 is 12.0 Å². The number of carbonyl (C=O) groups is 2. The average molecular weight is 248 g/mol. The van der Waals surface area contributed by atoms with Crippen molar-refractivity contribution < 1.29 is 14.7 Å². The average Bonchev–Trinajstić information content (AvgIpc) is 2.28. The molecule has 0 heterocycles. The van der Waals surface area contributed by atoms with E-state index in [1.807, 2.05) is 0 Å². The minimum absolute atomic E-state index is 0.0699. The van der Waals surface area contributed by atoms with Crippen molar-refractivity contribution in [3.63, 3.8) is 0 Å². The van der Waals surface area contributed by atoms with Gasteiger partial charge in [-0.2, -0.15) is 0 Å². The van der Waals surface area contributed by atoms with E-state index in [9.17, 15) is 9.59 Å². The first-order chi connectivity index (χ1) is 8.40. The molecule has 0 aromatic heterocycles. The summed E-state index contributed by atoms with van der Waals surface area (Å²) < 4.78 is 0. The molecular formula is C13H16N2O3. The largest absolute Gasteiger partial charge is 0.478 e. The van der Waals surface area contributed by atoms with Gasteiger partial charge in [-0.05, 0) is 26.0 Å². The number of hydrogen-bond donors (Lipinski definition) is 3. The summed E-state index contributed by atoms with van der Waals surface area (Å²) in [5.41, 5.74) is 1.97. The lowest BCUT2D eigenvalue weighted by Gasteiger charge is -2.10. The van der Waals surface area contributed by atoms with Crippen LogP contribution in [0.25, 0.3) is 0 Å². The van der Waals surface area contributed by atoms with E-state index >= 15 is 0 Å². The third-order valence-corrected chi connectivity index (χ3v) is 2.20. The molecule has 0 atom stereocenters. The van der Waals surface area contributed by atoms with Crippen LogP contribution in [0.3, 0.4) is 0 Å². The number of anilines is 1. The summed E-state index contributed by atoms with van der Waals surface area (Å²) in [6, 6.07) is 4.36. The smallest absolute Gasteiger partial charge is 0.337 e. The van der Waals surface area contributed by atoms with Gasteiger partial charge in [0.25, 0.3) is 0 Å². The molecule has 5 heteroatoms. The van der Waals surface area contributed by atoms with Crippen LogP contribution in [0, 0.1) is 6.92 Å². The van der Waals surface area contributed by atoms with E-state index in [2.05, 4.69) is 17.2 Å². The third-order valence-electron chi connectivity index (χ3n) is 2.20. The Labute approximate surface area is 106 Å². The van der Waals surface area contributed by atoms with Crippen LogP contribution in [0.2, 0.25) is 0 Å². The van der Waals surface area contributed by atoms with Crippen LogP contribution < -0.4 is 10.6 Å². The second kappa shape index (κ2) is 5.86. The molecule has 1 aromatic rings. The first-order valence-electron chi connectivity index (χ1n) is 5.43. The Morgan fingerprint density at radius 1 is 1.39 bits per heavy atom. The topological polar surface area (TPSA) is 78.4 Å². The number of rotatable bonds is 4. The van der Waals surface area contributed by atoms with E-state index < -0.39 is 12.0 Å². The van der Waals surface area contributed by atoms with Crippen molar-refractivity contribution in [3.8, 4) is 0 Å². The molecule has 0 aliphatic rings. The highest BCUT2D eigenvalue weighted by molar-refractivity contribution is 6.00. The minimum atomic E-state index is -1.08. The Balaban J connectivity index is 2.81. The molecule has 1 aromatic carbocycles. The molecular weight excluding hydrogens is 232 g/mol. The predicted octanol–water partition coefficient (Wildman–Crippen LogP) is 2.39. The van der Waals surface area contributed by atoms with Crippen molar-refractivity contribution in [2.24, 2.45) is 0 Å². The molecule has 3 N–H and O–H groups in total. The Kier molecular flexibility index (Phi) is 4.48. The molecule has 0 aliphatic carbocycles. The van der Waals surface area contributed by atoms with Gasteiger partial charge in [0.15, 0.2) is 0 Å². The van der Waals surface area contributed by atoms with Gasteiger partial charge in [0.05, 0.1) is 11.3 Å².